The molecule has 4 heteroatoms. The van der Waals surface area contributed by atoms with Gasteiger partial charge in [-0.2, -0.15) is 0 Å². The van der Waals surface area contributed by atoms with E-state index in [9.17, 15) is 0 Å². The molecular formula is C10H13ClO2S. The van der Waals surface area contributed by atoms with Crippen molar-refractivity contribution in [2.45, 2.75) is 4.90 Å². The second kappa shape index (κ2) is 6.04. The molecule has 0 saturated heterocycles. The average Bonchev–Trinajstić information content (AvgIpc) is 2.26. The minimum absolute atomic E-state index is 0.639. The molecule has 14 heavy (non-hydrogen) atoms. The Morgan fingerprint density at radius 1 is 1.29 bits per heavy atom. The van der Waals surface area contributed by atoms with E-state index in [0.717, 1.165) is 22.1 Å². The van der Waals surface area contributed by atoms with E-state index >= 15 is 0 Å². The van der Waals surface area contributed by atoms with Crippen LogP contribution in [0.2, 0.25) is 0 Å². The van der Waals surface area contributed by atoms with E-state index in [0.29, 0.717) is 5.88 Å². The summed E-state index contributed by atoms with van der Waals surface area (Å²) in [5, 5.41) is 0. The molecule has 1 rings (SSSR count). The fraction of sp³-hybridized carbons (Fsp3) is 0.400. The summed E-state index contributed by atoms with van der Waals surface area (Å²) in [4.78, 5) is 1.09. The summed E-state index contributed by atoms with van der Waals surface area (Å²) < 4.78 is 10.3. The monoisotopic (exact) mass is 232 g/mol. The van der Waals surface area contributed by atoms with Crippen LogP contribution in [0.1, 0.15) is 0 Å². The summed E-state index contributed by atoms with van der Waals surface area (Å²) >= 11 is 7.30. The normalized spacial score (nSPS) is 9.93. The Hall–Kier alpha value is -0.540. The van der Waals surface area contributed by atoms with Crippen molar-refractivity contribution in [3.8, 4) is 11.5 Å². The van der Waals surface area contributed by atoms with Gasteiger partial charge >= 0.3 is 0 Å². The van der Waals surface area contributed by atoms with E-state index in [1.807, 2.05) is 18.2 Å². The van der Waals surface area contributed by atoms with Crippen LogP contribution >= 0.6 is 23.4 Å². The maximum Gasteiger partial charge on any atom is 0.136 e. The van der Waals surface area contributed by atoms with Gasteiger partial charge in [-0.3, -0.25) is 0 Å². The smallest absolute Gasteiger partial charge is 0.136 e. The van der Waals surface area contributed by atoms with E-state index in [1.165, 1.54) is 0 Å². The molecule has 2 nitrogen and oxygen atoms in total. The Labute approximate surface area is 93.5 Å². The number of methoxy groups -OCH3 is 2. The molecule has 0 aliphatic carbocycles. The third-order valence-electron chi connectivity index (χ3n) is 1.71. The second-order valence-electron chi connectivity index (χ2n) is 2.55. The number of hydrogen-bond donors (Lipinski definition) is 0. The number of hydrogen-bond acceptors (Lipinski definition) is 3. The summed E-state index contributed by atoms with van der Waals surface area (Å²) in [5.74, 6) is 3.15. The van der Waals surface area contributed by atoms with Gasteiger partial charge in [-0.25, -0.2) is 0 Å². The van der Waals surface area contributed by atoms with Gasteiger partial charge in [0, 0.05) is 22.6 Å². The Morgan fingerprint density at radius 3 is 2.64 bits per heavy atom. The molecule has 0 aromatic heterocycles. The van der Waals surface area contributed by atoms with Crippen LogP contribution in [0.3, 0.4) is 0 Å². The molecule has 0 heterocycles. The molecule has 0 aliphatic rings. The lowest BCUT2D eigenvalue weighted by atomic mass is 10.3. The quantitative estimate of drug-likeness (QED) is 0.574. The number of ether oxygens (including phenoxy) is 2. The first-order chi connectivity index (χ1) is 6.81. The Kier molecular flexibility index (Phi) is 4.98. The maximum atomic E-state index is 5.62. The standard InChI is InChI=1S/C10H13ClO2S/c1-12-8-3-4-10(14-6-5-11)9(7-8)13-2/h3-4,7H,5-6H2,1-2H3. The van der Waals surface area contributed by atoms with Gasteiger partial charge in [0.1, 0.15) is 11.5 Å². The molecule has 78 valence electrons. The summed E-state index contributed by atoms with van der Waals surface area (Å²) in [6.45, 7) is 0. The van der Waals surface area contributed by atoms with Crippen LogP contribution in [0, 0.1) is 0 Å². The molecule has 0 atom stereocenters. The maximum absolute atomic E-state index is 5.62. The average molecular weight is 233 g/mol. The lowest BCUT2D eigenvalue weighted by Gasteiger charge is -2.08. The van der Waals surface area contributed by atoms with Crippen molar-refractivity contribution >= 4 is 23.4 Å². The number of halogens is 1. The van der Waals surface area contributed by atoms with Crippen LogP contribution in [0.15, 0.2) is 23.1 Å². The van der Waals surface area contributed by atoms with E-state index in [-0.39, 0.29) is 0 Å². The lowest BCUT2D eigenvalue weighted by Crippen LogP contribution is -1.90. The summed E-state index contributed by atoms with van der Waals surface area (Å²) in [7, 11) is 3.29. The highest BCUT2D eigenvalue weighted by Gasteiger charge is 2.04. The summed E-state index contributed by atoms with van der Waals surface area (Å²) in [6.07, 6.45) is 0. The highest BCUT2D eigenvalue weighted by Crippen LogP contribution is 2.32. The van der Waals surface area contributed by atoms with Crippen molar-refractivity contribution < 1.29 is 9.47 Å². The van der Waals surface area contributed by atoms with Gasteiger partial charge in [-0.15, -0.1) is 23.4 Å². The van der Waals surface area contributed by atoms with Crippen LogP contribution in [-0.2, 0) is 0 Å². The molecule has 0 N–H and O–H groups in total. The van der Waals surface area contributed by atoms with E-state index in [4.69, 9.17) is 21.1 Å². The van der Waals surface area contributed by atoms with Gasteiger partial charge in [0.05, 0.1) is 14.2 Å². The third kappa shape index (κ3) is 3.00. The van der Waals surface area contributed by atoms with Gasteiger partial charge in [-0.05, 0) is 12.1 Å². The Morgan fingerprint density at radius 2 is 2.07 bits per heavy atom. The molecule has 0 unspecified atom stereocenters. The Balaban J connectivity index is 2.82. The van der Waals surface area contributed by atoms with Crippen molar-refractivity contribution in [3.05, 3.63) is 18.2 Å². The van der Waals surface area contributed by atoms with Gasteiger partial charge in [0.15, 0.2) is 0 Å². The van der Waals surface area contributed by atoms with Gasteiger partial charge in [0.2, 0.25) is 0 Å². The second-order valence-corrected chi connectivity index (χ2v) is 4.07. The summed E-state index contributed by atoms with van der Waals surface area (Å²) in [6, 6.07) is 5.77. The number of alkyl halides is 1. The molecule has 0 radical (unpaired) electrons. The minimum Gasteiger partial charge on any atom is -0.497 e. The van der Waals surface area contributed by atoms with Crippen molar-refractivity contribution in [2.75, 3.05) is 25.9 Å². The molecule has 1 aromatic carbocycles. The van der Waals surface area contributed by atoms with Crippen LogP contribution in [0.25, 0.3) is 0 Å². The predicted octanol–water partition coefficient (Wildman–Crippen LogP) is 3.03. The first kappa shape index (κ1) is 11.5. The Bertz CT molecular complexity index is 291. The van der Waals surface area contributed by atoms with Gasteiger partial charge in [0.25, 0.3) is 0 Å². The largest absolute Gasteiger partial charge is 0.497 e. The van der Waals surface area contributed by atoms with E-state index < -0.39 is 0 Å². The fourth-order valence-corrected chi connectivity index (χ4v) is 2.02. The highest BCUT2D eigenvalue weighted by atomic mass is 35.5. The van der Waals surface area contributed by atoms with Crippen molar-refractivity contribution in [1.82, 2.24) is 0 Å². The molecule has 0 amide bonds. The first-order valence-electron chi connectivity index (χ1n) is 4.22. The van der Waals surface area contributed by atoms with Crippen molar-refractivity contribution in [1.29, 1.82) is 0 Å². The zero-order valence-electron chi connectivity index (χ0n) is 8.25. The molecule has 0 saturated carbocycles. The van der Waals surface area contributed by atoms with Crippen LogP contribution in [0.5, 0.6) is 11.5 Å². The van der Waals surface area contributed by atoms with Gasteiger partial charge in [-0.1, -0.05) is 0 Å². The van der Waals surface area contributed by atoms with Crippen LogP contribution < -0.4 is 9.47 Å². The predicted molar refractivity (Wildman–Crippen MR) is 61.0 cm³/mol. The number of rotatable bonds is 5. The zero-order valence-corrected chi connectivity index (χ0v) is 9.82. The first-order valence-corrected chi connectivity index (χ1v) is 5.74. The minimum atomic E-state index is 0.639. The fourth-order valence-electron chi connectivity index (χ4n) is 1.04. The summed E-state index contributed by atoms with van der Waals surface area (Å²) in [5.41, 5.74) is 0. The molecule has 0 aliphatic heterocycles. The molecular weight excluding hydrogens is 220 g/mol. The topological polar surface area (TPSA) is 18.5 Å². The SMILES string of the molecule is COc1ccc(SCCCl)c(OC)c1. The molecule has 0 fully saturated rings. The zero-order chi connectivity index (χ0) is 10.4. The number of thioether (sulfide) groups is 1. The molecule has 0 spiro atoms. The third-order valence-corrected chi connectivity index (χ3v) is 3.18. The van der Waals surface area contributed by atoms with Crippen molar-refractivity contribution in [3.63, 3.8) is 0 Å². The van der Waals surface area contributed by atoms with E-state index in [2.05, 4.69) is 0 Å². The van der Waals surface area contributed by atoms with Crippen LogP contribution in [0.4, 0.5) is 0 Å². The lowest BCUT2D eigenvalue weighted by molar-refractivity contribution is 0.387. The molecule has 1 aromatic rings. The molecule has 0 bridgehead atoms. The van der Waals surface area contributed by atoms with Crippen LogP contribution in [-0.4, -0.2) is 25.9 Å². The number of benzene rings is 1. The highest BCUT2D eigenvalue weighted by molar-refractivity contribution is 7.99. The van der Waals surface area contributed by atoms with Crippen molar-refractivity contribution in [2.24, 2.45) is 0 Å². The van der Waals surface area contributed by atoms with E-state index in [1.54, 1.807) is 26.0 Å². The van der Waals surface area contributed by atoms with Gasteiger partial charge < -0.3 is 9.47 Å².